The second-order valence-electron chi connectivity index (χ2n) is 7.55. The molecule has 0 spiro atoms. The largest absolute Gasteiger partial charge is 0.256 e. The number of aryl methyl sites for hydroxylation is 1. The van der Waals surface area contributed by atoms with Crippen molar-refractivity contribution >= 4 is 17.2 Å². The maximum atomic E-state index is 14.6. The van der Waals surface area contributed by atoms with E-state index in [1.165, 1.54) is 44.1 Å². The third-order valence-corrected chi connectivity index (χ3v) is 6.10. The number of rotatable bonds is 7. The zero-order chi connectivity index (χ0) is 19.2. The Labute approximate surface area is 167 Å². The molecule has 0 bridgehead atoms. The van der Waals surface area contributed by atoms with Crippen molar-refractivity contribution in [3.05, 3.63) is 58.5 Å². The number of unbranched alkanes of at least 4 members (excludes halogenated alkanes) is 2. The lowest BCUT2D eigenvalue weighted by atomic mass is 9.84. The van der Waals surface area contributed by atoms with Crippen LogP contribution in [0.1, 0.15) is 69.9 Å². The predicted octanol–water partition coefficient (Wildman–Crippen LogP) is 7.87. The molecule has 0 aliphatic heterocycles. The van der Waals surface area contributed by atoms with Crippen LogP contribution < -0.4 is 0 Å². The molecule has 1 heterocycles. The van der Waals surface area contributed by atoms with Gasteiger partial charge in [-0.3, -0.25) is 4.98 Å². The van der Waals surface area contributed by atoms with Gasteiger partial charge in [-0.1, -0.05) is 69.3 Å². The van der Waals surface area contributed by atoms with Crippen LogP contribution >= 0.6 is 11.6 Å². The summed E-state index contributed by atoms with van der Waals surface area (Å²) in [6.45, 7) is 4.23. The van der Waals surface area contributed by atoms with Crippen molar-refractivity contribution in [3.63, 3.8) is 0 Å². The lowest BCUT2D eigenvalue weighted by Crippen LogP contribution is -2.05. The number of benzene rings is 1. The molecule has 1 unspecified atom stereocenters. The highest BCUT2D eigenvalue weighted by atomic mass is 35.5. The summed E-state index contributed by atoms with van der Waals surface area (Å²) < 4.78 is 14.6. The molecule has 0 amide bonds. The van der Waals surface area contributed by atoms with Crippen molar-refractivity contribution < 1.29 is 4.39 Å². The van der Waals surface area contributed by atoms with Crippen molar-refractivity contribution in [3.8, 4) is 11.3 Å². The first kappa shape index (κ1) is 20.1. The minimum atomic E-state index is -0.372. The lowest BCUT2D eigenvalue weighted by molar-refractivity contribution is 0.428. The van der Waals surface area contributed by atoms with Gasteiger partial charge < -0.3 is 0 Å². The third kappa shape index (κ3) is 4.79. The van der Waals surface area contributed by atoms with Crippen LogP contribution in [-0.2, 0) is 6.42 Å². The van der Waals surface area contributed by atoms with Crippen LogP contribution in [0.3, 0.4) is 0 Å². The van der Waals surface area contributed by atoms with Gasteiger partial charge in [0.25, 0.3) is 0 Å². The van der Waals surface area contributed by atoms with Gasteiger partial charge in [0.2, 0.25) is 0 Å². The SMILES string of the molecule is CCCCCC1CC=C(c2ccc(-c3ccc(CC)c(Cl)c3F)nc2)CC1. The zero-order valence-electron chi connectivity index (χ0n) is 16.4. The van der Waals surface area contributed by atoms with E-state index in [1.807, 2.05) is 25.3 Å². The van der Waals surface area contributed by atoms with Gasteiger partial charge in [-0.15, -0.1) is 0 Å². The minimum Gasteiger partial charge on any atom is -0.256 e. The van der Waals surface area contributed by atoms with Crippen LogP contribution in [0, 0.1) is 11.7 Å². The predicted molar refractivity (Wildman–Crippen MR) is 113 cm³/mol. The fraction of sp³-hybridized carbons (Fsp3) is 0.458. The Morgan fingerprint density at radius 3 is 2.63 bits per heavy atom. The molecule has 1 aromatic heterocycles. The van der Waals surface area contributed by atoms with E-state index in [9.17, 15) is 4.39 Å². The molecule has 0 saturated carbocycles. The first-order valence-corrected chi connectivity index (χ1v) is 10.6. The highest BCUT2D eigenvalue weighted by Crippen LogP contribution is 2.34. The van der Waals surface area contributed by atoms with E-state index < -0.39 is 0 Å². The summed E-state index contributed by atoms with van der Waals surface area (Å²) in [6.07, 6.45) is 13.9. The first-order valence-electron chi connectivity index (χ1n) is 10.3. The van der Waals surface area contributed by atoms with Crippen LogP contribution in [0.25, 0.3) is 16.8 Å². The fourth-order valence-electron chi connectivity index (χ4n) is 3.90. The molecule has 27 heavy (non-hydrogen) atoms. The quantitative estimate of drug-likeness (QED) is 0.442. The van der Waals surface area contributed by atoms with Gasteiger partial charge in [0.15, 0.2) is 5.82 Å². The molecule has 0 fully saturated rings. The molecule has 0 N–H and O–H groups in total. The maximum absolute atomic E-state index is 14.6. The maximum Gasteiger partial charge on any atom is 0.151 e. The Morgan fingerprint density at radius 2 is 2.00 bits per heavy atom. The average molecular weight is 386 g/mol. The van der Waals surface area contributed by atoms with Gasteiger partial charge in [0.05, 0.1) is 10.7 Å². The lowest BCUT2D eigenvalue weighted by Gasteiger charge is -2.22. The molecule has 144 valence electrons. The first-order chi connectivity index (χ1) is 13.1. The second kappa shape index (κ2) is 9.50. The van der Waals surface area contributed by atoms with Crippen molar-refractivity contribution in [1.82, 2.24) is 4.98 Å². The molecule has 3 heteroatoms. The van der Waals surface area contributed by atoms with Crippen molar-refractivity contribution in [2.45, 2.75) is 65.2 Å². The summed E-state index contributed by atoms with van der Waals surface area (Å²) in [5, 5.41) is 0.213. The standard InChI is InChI=1S/C24H29ClFN/c1-3-5-6-7-17-8-10-19(11-9-17)20-13-15-22(27-16-20)21-14-12-18(4-2)23(25)24(21)26/h10,12-17H,3-9,11H2,1-2H3. The van der Waals surface area contributed by atoms with Crippen LogP contribution in [0.5, 0.6) is 0 Å². The monoisotopic (exact) mass is 385 g/mol. The average Bonchev–Trinajstić information content (AvgIpc) is 2.71. The fourth-order valence-corrected chi connectivity index (χ4v) is 4.20. The normalized spacial score (nSPS) is 17.0. The number of aromatic nitrogens is 1. The minimum absolute atomic E-state index is 0.213. The van der Waals surface area contributed by atoms with Gasteiger partial charge >= 0.3 is 0 Å². The van der Waals surface area contributed by atoms with Crippen LogP contribution in [0.15, 0.2) is 36.5 Å². The molecule has 0 saturated heterocycles. The van der Waals surface area contributed by atoms with Crippen LogP contribution in [-0.4, -0.2) is 4.98 Å². The Bertz CT molecular complexity index is 795. The van der Waals surface area contributed by atoms with Crippen molar-refractivity contribution in [2.75, 3.05) is 0 Å². The molecular weight excluding hydrogens is 357 g/mol. The highest BCUT2D eigenvalue weighted by molar-refractivity contribution is 6.31. The molecule has 3 rings (SSSR count). The Balaban J connectivity index is 1.70. The smallest absolute Gasteiger partial charge is 0.151 e. The van der Waals surface area contributed by atoms with E-state index in [0.29, 0.717) is 11.3 Å². The highest BCUT2D eigenvalue weighted by Gasteiger charge is 2.17. The number of hydrogen-bond acceptors (Lipinski definition) is 1. The molecule has 0 radical (unpaired) electrons. The molecule has 2 aromatic rings. The number of allylic oxidation sites excluding steroid dienone is 2. The zero-order valence-corrected chi connectivity index (χ0v) is 17.2. The van der Waals surface area contributed by atoms with Gasteiger partial charge in [-0.2, -0.15) is 0 Å². The summed E-state index contributed by atoms with van der Waals surface area (Å²) in [5.41, 5.74) is 4.46. The Morgan fingerprint density at radius 1 is 1.15 bits per heavy atom. The summed E-state index contributed by atoms with van der Waals surface area (Å²) in [4.78, 5) is 4.52. The van der Waals surface area contributed by atoms with Gasteiger partial charge in [-0.25, -0.2) is 4.39 Å². The van der Waals surface area contributed by atoms with Gasteiger partial charge in [0.1, 0.15) is 0 Å². The van der Waals surface area contributed by atoms with Gasteiger partial charge in [0, 0.05) is 11.8 Å². The summed E-state index contributed by atoms with van der Waals surface area (Å²) in [7, 11) is 0. The molecular formula is C24H29ClFN. The van der Waals surface area contributed by atoms with E-state index in [-0.39, 0.29) is 10.8 Å². The number of hydrogen-bond donors (Lipinski definition) is 0. The number of pyridine rings is 1. The van der Waals surface area contributed by atoms with Crippen LogP contribution in [0.2, 0.25) is 5.02 Å². The molecule has 1 atom stereocenters. The van der Waals surface area contributed by atoms with Crippen LogP contribution in [0.4, 0.5) is 4.39 Å². The van der Waals surface area contributed by atoms with E-state index in [1.54, 1.807) is 6.07 Å². The molecule has 1 aromatic carbocycles. The van der Waals surface area contributed by atoms with E-state index >= 15 is 0 Å². The van der Waals surface area contributed by atoms with E-state index in [2.05, 4.69) is 24.1 Å². The van der Waals surface area contributed by atoms with E-state index in [4.69, 9.17) is 11.6 Å². The summed E-state index contributed by atoms with van der Waals surface area (Å²) in [5.74, 6) is 0.462. The second-order valence-corrected chi connectivity index (χ2v) is 7.93. The van der Waals surface area contributed by atoms with Crippen molar-refractivity contribution in [2.24, 2.45) is 5.92 Å². The van der Waals surface area contributed by atoms with Crippen molar-refractivity contribution in [1.29, 1.82) is 0 Å². The third-order valence-electron chi connectivity index (χ3n) is 5.69. The van der Waals surface area contributed by atoms with E-state index in [0.717, 1.165) is 29.9 Å². The number of nitrogens with zero attached hydrogens (tertiary/aromatic N) is 1. The van der Waals surface area contributed by atoms with Gasteiger partial charge in [-0.05, 0) is 60.4 Å². The molecule has 1 aliphatic carbocycles. The summed E-state index contributed by atoms with van der Waals surface area (Å²) in [6, 6.07) is 7.64. The summed E-state index contributed by atoms with van der Waals surface area (Å²) >= 11 is 6.15. The topological polar surface area (TPSA) is 12.9 Å². The Hall–Kier alpha value is -1.67. The number of halogens is 2. The molecule has 1 aliphatic rings. The molecule has 1 nitrogen and oxygen atoms in total. The Kier molecular flexibility index (Phi) is 7.07.